The largest absolute Gasteiger partial charge is 0.505 e. The molecular formula is C30H32FN5O8. The first-order valence-corrected chi connectivity index (χ1v) is 13.8. The van der Waals surface area contributed by atoms with Crippen molar-refractivity contribution in [1.29, 1.82) is 0 Å². The number of halogens is 1. The van der Waals surface area contributed by atoms with Crippen molar-refractivity contribution >= 4 is 52.1 Å². The third-order valence-corrected chi connectivity index (χ3v) is 8.85. The van der Waals surface area contributed by atoms with Crippen molar-refractivity contribution < 1.29 is 43.4 Å². The van der Waals surface area contributed by atoms with Crippen LogP contribution in [0.2, 0.25) is 0 Å². The molecule has 3 amide bonds. The maximum atomic E-state index is 14.1. The maximum absolute atomic E-state index is 14.1. The van der Waals surface area contributed by atoms with Crippen molar-refractivity contribution in [2.45, 2.75) is 24.5 Å². The van der Waals surface area contributed by atoms with Gasteiger partial charge < -0.3 is 31.5 Å². The highest BCUT2D eigenvalue weighted by atomic mass is 19.1. The van der Waals surface area contributed by atoms with Crippen LogP contribution >= 0.6 is 0 Å². The van der Waals surface area contributed by atoms with Gasteiger partial charge in [-0.2, -0.15) is 0 Å². The molecular weight excluding hydrogens is 577 g/mol. The second-order valence-corrected chi connectivity index (χ2v) is 11.9. The Kier molecular flexibility index (Phi) is 7.54. The fourth-order valence-corrected chi connectivity index (χ4v) is 7.00. The molecule has 0 aromatic heterocycles. The molecule has 5 rings (SSSR count). The number of benzene rings is 2. The molecule has 13 nitrogen and oxygen atoms in total. The van der Waals surface area contributed by atoms with Crippen molar-refractivity contribution in [2.24, 2.45) is 29.4 Å². The number of amides is 3. The number of hydrogen-bond acceptors (Lipinski definition) is 10. The zero-order valence-corrected chi connectivity index (χ0v) is 24.4. The van der Waals surface area contributed by atoms with Crippen LogP contribution in [0.5, 0.6) is 5.75 Å². The summed E-state index contributed by atoms with van der Waals surface area (Å²) in [6, 6.07) is 4.49. The van der Waals surface area contributed by atoms with Gasteiger partial charge in [0.25, 0.3) is 0 Å². The van der Waals surface area contributed by atoms with Gasteiger partial charge >= 0.3 is 6.03 Å². The van der Waals surface area contributed by atoms with Crippen LogP contribution in [0.4, 0.5) is 26.2 Å². The molecule has 0 spiro atoms. The van der Waals surface area contributed by atoms with Gasteiger partial charge in [0.2, 0.25) is 5.91 Å². The van der Waals surface area contributed by atoms with E-state index >= 15 is 0 Å². The first-order chi connectivity index (χ1) is 20.6. The van der Waals surface area contributed by atoms with Gasteiger partial charge in [-0.25, -0.2) is 9.18 Å². The van der Waals surface area contributed by atoms with E-state index in [1.807, 2.05) is 0 Å². The number of ketones is 4. The molecule has 232 valence electrons. The van der Waals surface area contributed by atoms with E-state index in [1.165, 1.54) is 43.3 Å². The monoisotopic (exact) mass is 609 g/mol. The number of aromatic hydroxyl groups is 1. The minimum Gasteiger partial charge on any atom is -0.505 e. The Labute approximate surface area is 251 Å². The standard InChI is InChI=1S/C30H32FN5O8/c1-35(2)18-11-17(34-29(43)33-14-7-5-6-13(31)10-14)23(37)20-15(18)8-12-9-16-22(36(3)4)25(39)21(28(32)42)27(41)30(16,44)26(40)19(12)24(20)38/h5-7,10-12,16,19,21-22,37,44H,8-9H2,1-4H3,(H2,32,42)(H2,33,34,43)/t12-,16-,19?,21?,22-,30-/m1/s1. The van der Waals surface area contributed by atoms with Gasteiger partial charge in [-0.15, -0.1) is 0 Å². The molecule has 3 aliphatic carbocycles. The second-order valence-electron chi connectivity index (χ2n) is 11.9. The summed E-state index contributed by atoms with van der Waals surface area (Å²) in [6.07, 6.45) is -0.0315. The summed E-state index contributed by atoms with van der Waals surface area (Å²) in [7, 11) is 6.37. The number of likely N-dealkylation sites (N-methyl/N-ethyl adjacent to an activating group) is 1. The number of phenols is 1. The van der Waals surface area contributed by atoms with Crippen LogP contribution in [-0.2, 0) is 25.6 Å². The molecule has 0 radical (unpaired) electrons. The molecule has 2 aromatic carbocycles. The predicted octanol–water partition coefficient (Wildman–Crippen LogP) is 0.716. The minimum atomic E-state index is -2.85. The summed E-state index contributed by atoms with van der Waals surface area (Å²) in [5.41, 5.74) is 2.98. The van der Waals surface area contributed by atoms with Crippen molar-refractivity contribution in [3.05, 3.63) is 47.3 Å². The van der Waals surface area contributed by atoms with E-state index in [2.05, 4.69) is 10.6 Å². The fourth-order valence-electron chi connectivity index (χ4n) is 7.00. The lowest BCUT2D eigenvalue weighted by Gasteiger charge is -2.52. The average molecular weight is 610 g/mol. The highest BCUT2D eigenvalue weighted by Gasteiger charge is 2.69. The summed E-state index contributed by atoms with van der Waals surface area (Å²) < 4.78 is 13.6. The van der Waals surface area contributed by atoms with Crippen LogP contribution in [0, 0.1) is 29.5 Å². The number of nitrogens with zero attached hydrogens (tertiary/aromatic N) is 2. The van der Waals surface area contributed by atoms with Crippen molar-refractivity contribution in [3.8, 4) is 5.75 Å². The molecule has 6 atom stereocenters. The van der Waals surface area contributed by atoms with Gasteiger partial charge in [0.15, 0.2) is 34.7 Å². The third kappa shape index (κ3) is 4.61. The predicted molar refractivity (Wildman–Crippen MR) is 155 cm³/mol. The number of fused-ring (bicyclic) bond motifs is 3. The number of carbonyl (C=O) groups is 6. The van der Waals surface area contributed by atoms with Crippen molar-refractivity contribution in [2.75, 3.05) is 43.7 Å². The number of nitrogens with one attached hydrogen (secondary N) is 2. The highest BCUT2D eigenvalue weighted by Crippen LogP contribution is 2.52. The van der Waals surface area contributed by atoms with Crippen LogP contribution in [0.3, 0.4) is 0 Å². The molecule has 44 heavy (non-hydrogen) atoms. The quantitative estimate of drug-likeness (QED) is 0.238. The Hall–Kier alpha value is -4.69. The number of phenolic OH excluding ortho intramolecular Hbond substituents is 1. The van der Waals surface area contributed by atoms with Gasteiger partial charge in [0, 0.05) is 31.4 Å². The lowest BCUT2D eigenvalue weighted by molar-refractivity contribution is -0.181. The first kappa shape index (κ1) is 30.8. The number of urea groups is 1. The maximum Gasteiger partial charge on any atom is 0.323 e. The van der Waals surface area contributed by atoms with Crippen LogP contribution < -0.4 is 21.3 Å². The van der Waals surface area contributed by atoms with Crippen LogP contribution in [0.25, 0.3) is 0 Å². The number of carbonyl (C=O) groups excluding carboxylic acids is 6. The van der Waals surface area contributed by atoms with E-state index < -0.39 is 82.0 Å². The molecule has 2 saturated carbocycles. The smallest absolute Gasteiger partial charge is 0.323 e. The SMILES string of the molecule is CN(C)c1cc(NC(=O)Nc2cccc(F)c2)c(O)c2c1C[C@@H]1C[C@@H]3[C@@H](N(C)C)C(=O)C(C(N)=O)C(=O)[C@]3(O)C(=O)C1C2=O. The summed E-state index contributed by atoms with van der Waals surface area (Å²) in [6.45, 7) is 0. The summed E-state index contributed by atoms with van der Waals surface area (Å²) in [5, 5.41) is 27.9. The summed E-state index contributed by atoms with van der Waals surface area (Å²) in [5.74, 6) is -12.4. The molecule has 0 saturated heterocycles. The Morgan fingerprint density at radius 2 is 1.73 bits per heavy atom. The minimum absolute atomic E-state index is 0.0582. The Morgan fingerprint density at radius 1 is 1.05 bits per heavy atom. The molecule has 2 fully saturated rings. The van der Waals surface area contributed by atoms with Crippen LogP contribution in [0.1, 0.15) is 22.3 Å². The van der Waals surface area contributed by atoms with E-state index in [1.54, 1.807) is 19.0 Å². The van der Waals surface area contributed by atoms with Gasteiger partial charge in [-0.1, -0.05) is 6.07 Å². The normalized spacial score (nSPS) is 27.8. The zero-order chi connectivity index (χ0) is 32.4. The van der Waals surface area contributed by atoms with E-state index in [9.17, 15) is 43.4 Å². The number of anilines is 3. The lowest BCUT2D eigenvalue weighted by atomic mass is 9.52. The van der Waals surface area contributed by atoms with E-state index in [0.29, 0.717) is 11.3 Å². The Bertz CT molecular complexity index is 1640. The summed E-state index contributed by atoms with van der Waals surface area (Å²) in [4.78, 5) is 82.8. The van der Waals surface area contributed by atoms with Gasteiger partial charge in [0.05, 0.1) is 23.2 Å². The molecule has 3 aliphatic rings. The van der Waals surface area contributed by atoms with Crippen LogP contribution in [-0.4, -0.2) is 90.0 Å². The second kappa shape index (κ2) is 10.8. The van der Waals surface area contributed by atoms with E-state index in [4.69, 9.17) is 5.73 Å². The lowest BCUT2D eigenvalue weighted by Crippen LogP contribution is -2.74. The molecule has 2 unspecified atom stereocenters. The Morgan fingerprint density at radius 3 is 2.32 bits per heavy atom. The molecule has 0 heterocycles. The van der Waals surface area contributed by atoms with Gasteiger partial charge in [-0.3, -0.25) is 28.9 Å². The van der Waals surface area contributed by atoms with E-state index in [0.717, 1.165) is 6.07 Å². The van der Waals surface area contributed by atoms with Crippen LogP contribution in [0.15, 0.2) is 30.3 Å². The number of primary amides is 1. The van der Waals surface area contributed by atoms with Crippen molar-refractivity contribution in [1.82, 2.24) is 4.90 Å². The molecule has 2 aromatic rings. The fraction of sp³-hybridized carbons (Fsp3) is 0.400. The number of nitrogens with two attached hydrogens (primary N) is 1. The summed E-state index contributed by atoms with van der Waals surface area (Å²) >= 11 is 0. The van der Waals surface area contributed by atoms with Gasteiger partial charge in [-0.05, 0) is 62.7 Å². The third-order valence-electron chi connectivity index (χ3n) is 8.85. The molecule has 0 aliphatic heterocycles. The number of aliphatic hydroxyl groups is 1. The van der Waals surface area contributed by atoms with Gasteiger partial charge in [0.1, 0.15) is 11.6 Å². The number of hydrogen-bond donors (Lipinski definition) is 5. The molecule has 6 N–H and O–H groups in total. The Balaban J connectivity index is 1.57. The van der Waals surface area contributed by atoms with Crippen molar-refractivity contribution in [3.63, 3.8) is 0 Å². The highest BCUT2D eigenvalue weighted by molar-refractivity contribution is 6.32. The zero-order valence-electron chi connectivity index (χ0n) is 24.4. The van der Waals surface area contributed by atoms with E-state index in [-0.39, 0.29) is 29.8 Å². The first-order valence-electron chi connectivity index (χ1n) is 13.8. The average Bonchev–Trinajstić information content (AvgIpc) is 2.91. The topological polar surface area (TPSA) is 199 Å². The number of rotatable bonds is 5. The molecule has 0 bridgehead atoms. The number of Topliss-reactive ketones (excluding diaryl/α,β-unsaturated/α-hetero) is 4. The molecule has 14 heteroatoms.